The molecule has 0 aliphatic rings. The Morgan fingerprint density at radius 3 is 2.50 bits per heavy atom. The zero-order valence-electron chi connectivity index (χ0n) is 11.5. The van der Waals surface area contributed by atoms with Crippen LogP contribution < -0.4 is 0 Å². The largest absolute Gasteiger partial charge is 0.481 e. The minimum Gasteiger partial charge on any atom is -0.481 e. The van der Waals surface area contributed by atoms with Crippen molar-refractivity contribution in [1.82, 2.24) is 9.78 Å². The summed E-state index contributed by atoms with van der Waals surface area (Å²) in [6.07, 6.45) is 2.87. The highest BCUT2D eigenvalue weighted by atomic mass is 79.9. The molecule has 0 radical (unpaired) electrons. The number of rotatable bonds is 6. The molecule has 1 aromatic rings. The molecule has 1 atom stereocenters. The molecule has 0 saturated carbocycles. The molecule has 4 nitrogen and oxygen atoms in total. The van der Waals surface area contributed by atoms with Crippen LogP contribution in [0.4, 0.5) is 0 Å². The van der Waals surface area contributed by atoms with Crippen molar-refractivity contribution in [1.29, 1.82) is 0 Å². The SMILES string of the molecule is CCCC(C)(Cc1c(Br)c(CC)nn1C)C(=O)O. The number of hydrogen-bond donors (Lipinski definition) is 1. The summed E-state index contributed by atoms with van der Waals surface area (Å²) < 4.78 is 2.75. The van der Waals surface area contributed by atoms with Gasteiger partial charge in [-0.2, -0.15) is 5.10 Å². The van der Waals surface area contributed by atoms with Crippen molar-refractivity contribution in [2.75, 3.05) is 0 Å². The first-order valence-electron chi connectivity index (χ1n) is 6.29. The van der Waals surface area contributed by atoms with Crippen molar-refractivity contribution in [3.8, 4) is 0 Å². The van der Waals surface area contributed by atoms with Gasteiger partial charge in [0, 0.05) is 13.5 Å². The van der Waals surface area contributed by atoms with Gasteiger partial charge in [-0.3, -0.25) is 9.48 Å². The molecule has 1 unspecified atom stereocenters. The Balaban J connectivity index is 3.08. The van der Waals surface area contributed by atoms with Crippen molar-refractivity contribution in [3.63, 3.8) is 0 Å². The lowest BCUT2D eigenvalue weighted by Crippen LogP contribution is -2.30. The summed E-state index contributed by atoms with van der Waals surface area (Å²) in [5, 5.41) is 13.8. The number of carbonyl (C=O) groups is 1. The maximum absolute atomic E-state index is 11.5. The fourth-order valence-electron chi connectivity index (χ4n) is 2.20. The van der Waals surface area contributed by atoms with Gasteiger partial charge in [0.1, 0.15) is 0 Å². The number of carboxylic acids is 1. The molecular weight excluding hydrogens is 296 g/mol. The Morgan fingerprint density at radius 2 is 2.11 bits per heavy atom. The number of hydrogen-bond acceptors (Lipinski definition) is 2. The number of carboxylic acid groups (broad SMARTS) is 1. The molecule has 5 heteroatoms. The van der Waals surface area contributed by atoms with Crippen molar-refractivity contribution < 1.29 is 9.90 Å². The lowest BCUT2D eigenvalue weighted by molar-refractivity contribution is -0.148. The topological polar surface area (TPSA) is 55.1 Å². The minimum atomic E-state index is -0.740. The molecule has 0 amide bonds. The molecular formula is C13H21BrN2O2. The van der Waals surface area contributed by atoms with Crippen LogP contribution in [-0.4, -0.2) is 20.9 Å². The summed E-state index contributed by atoms with van der Waals surface area (Å²) in [5.41, 5.74) is 1.22. The average molecular weight is 317 g/mol. The van der Waals surface area contributed by atoms with E-state index in [0.29, 0.717) is 12.8 Å². The maximum atomic E-state index is 11.5. The first-order chi connectivity index (χ1) is 8.35. The molecule has 0 aliphatic heterocycles. The number of aryl methyl sites for hydroxylation is 2. The molecule has 0 saturated heterocycles. The van der Waals surface area contributed by atoms with Crippen LogP contribution in [0.3, 0.4) is 0 Å². The Bertz CT molecular complexity index is 442. The third-order valence-corrected chi connectivity index (χ3v) is 4.29. The molecule has 1 heterocycles. The van der Waals surface area contributed by atoms with Crippen LogP contribution in [0, 0.1) is 5.41 Å². The zero-order valence-corrected chi connectivity index (χ0v) is 13.0. The fourth-order valence-corrected chi connectivity index (χ4v) is 2.96. The Morgan fingerprint density at radius 1 is 1.50 bits per heavy atom. The molecule has 0 bridgehead atoms. The van der Waals surface area contributed by atoms with Crippen molar-refractivity contribution >= 4 is 21.9 Å². The third-order valence-electron chi connectivity index (χ3n) is 3.38. The predicted octanol–water partition coefficient (Wildman–Crippen LogP) is 3.18. The summed E-state index contributed by atoms with van der Waals surface area (Å²) in [5.74, 6) is -0.740. The second-order valence-electron chi connectivity index (χ2n) is 4.98. The number of aromatic nitrogens is 2. The van der Waals surface area contributed by atoms with Crippen molar-refractivity contribution in [2.24, 2.45) is 12.5 Å². The Hall–Kier alpha value is -0.840. The highest BCUT2D eigenvalue weighted by Crippen LogP contribution is 2.32. The highest BCUT2D eigenvalue weighted by Gasteiger charge is 2.34. The second kappa shape index (κ2) is 5.87. The van der Waals surface area contributed by atoms with Gasteiger partial charge in [0.15, 0.2) is 0 Å². The minimum absolute atomic E-state index is 0.500. The molecule has 1 N–H and O–H groups in total. The van der Waals surface area contributed by atoms with E-state index in [1.54, 1.807) is 4.68 Å². The molecule has 0 aliphatic carbocycles. The van der Waals surface area contributed by atoms with Crippen LogP contribution in [-0.2, 0) is 24.7 Å². The zero-order chi connectivity index (χ0) is 13.9. The van der Waals surface area contributed by atoms with Crippen LogP contribution in [0.2, 0.25) is 0 Å². The van der Waals surface area contributed by atoms with Crippen LogP contribution in [0.5, 0.6) is 0 Å². The molecule has 0 spiro atoms. The predicted molar refractivity (Wildman–Crippen MR) is 74.6 cm³/mol. The summed E-state index contributed by atoms with van der Waals surface area (Å²) in [4.78, 5) is 11.5. The van der Waals surface area contributed by atoms with E-state index in [1.807, 2.05) is 27.8 Å². The normalized spacial score (nSPS) is 14.5. The summed E-state index contributed by atoms with van der Waals surface area (Å²) in [6, 6.07) is 0. The third kappa shape index (κ3) is 2.94. The van der Waals surface area contributed by atoms with Gasteiger partial charge in [-0.15, -0.1) is 0 Å². The summed E-state index contributed by atoms with van der Waals surface area (Å²) in [6.45, 7) is 5.86. The molecule has 0 fully saturated rings. The van der Waals surface area contributed by atoms with Gasteiger partial charge in [0.05, 0.1) is 21.3 Å². The molecule has 1 aromatic heterocycles. The lowest BCUT2D eigenvalue weighted by atomic mass is 9.81. The molecule has 18 heavy (non-hydrogen) atoms. The Labute approximate surface area is 117 Å². The van der Waals surface area contributed by atoms with E-state index < -0.39 is 11.4 Å². The van der Waals surface area contributed by atoms with E-state index in [2.05, 4.69) is 21.0 Å². The van der Waals surface area contributed by atoms with Crippen LogP contribution in [0.15, 0.2) is 4.47 Å². The maximum Gasteiger partial charge on any atom is 0.309 e. The second-order valence-corrected chi connectivity index (χ2v) is 5.77. The average Bonchev–Trinajstić information content (AvgIpc) is 2.56. The molecule has 102 valence electrons. The quantitative estimate of drug-likeness (QED) is 0.877. The van der Waals surface area contributed by atoms with Gasteiger partial charge < -0.3 is 5.11 Å². The van der Waals surface area contributed by atoms with Crippen molar-refractivity contribution in [3.05, 3.63) is 15.9 Å². The standard InChI is InChI=1S/C13H21BrN2O2/c1-5-7-13(3,12(17)18)8-10-11(14)9(6-2)15-16(10)4/h5-8H2,1-4H3,(H,17,18). The van der Waals surface area contributed by atoms with Gasteiger partial charge in [0.25, 0.3) is 0 Å². The number of halogens is 1. The fraction of sp³-hybridized carbons (Fsp3) is 0.692. The number of nitrogens with zero attached hydrogens (tertiary/aromatic N) is 2. The monoisotopic (exact) mass is 316 g/mol. The van der Waals surface area contributed by atoms with E-state index in [4.69, 9.17) is 0 Å². The van der Waals surface area contributed by atoms with E-state index >= 15 is 0 Å². The molecule has 1 rings (SSSR count). The van der Waals surface area contributed by atoms with E-state index in [9.17, 15) is 9.90 Å². The van der Waals surface area contributed by atoms with Gasteiger partial charge in [-0.25, -0.2) is 0 Å². The van der Waals surface area contributed by atoms with Crippen LogP contribution >= 0.6 is 15.9 Å². The van der Waals surface area contributed by atoms with E-state index in [1.165, 1.54) is 0 Å². The smallest absolute Gasteiger partial charge is 0.309 e. The first kappa shape index (κ1) is 15.2. The van der Waals surface area contributed by atoms with E-state index in [0.717, 1.165) is 28.7 Å². The Kier molecular flexibility index (Phi) is 4.96. The van der Waals surface area contributed by atoms with Crippen LogP contribution in [0.1, 0.15) is 45.0 Å². The summed E-state index contributed by atoms with van der Waals surface area (Å²) in [7, 11) is 1.87. The van der Waals surface area contributed by atoms with E-state index in [-0.39, 0.29) is 0 Å². The highest BCUT2D eigenvalue weighted by molar-refractivity contribution is 9.10. The summed E-state index contributed by atoms with van der Waals surface area (Å²) >= 11 is 3.54. The number of aliphatic carboxylic acids is 1. The van der Waals surface area contributed by atoms with Gasteiger partial charge in [0.2, 0.25) is 0 Å². The lowest BCUT2D eigenvalue weighted by Gasteiger charge is -2.24. The van der Waals surface area contributed by atoms with Crippen molar-refractivity contribution in [2.45, 2.75) is 46.5 Å². The van der Waals surface area contributed by atoms with Gasteiger partial charge >= 0.3 is 5.97 Å². The van der Waals surface area contributed by atoms with Gasteiger partial charge in [-0.05, 0) is 35.7 Å². The first-order valence-corrected chi connectivity index (χ1v) is 7.08. The molecule has 0 aromatic carbocycles. The van der Waals surface area contributed by atoms with Gasteiger partial charge in [-0.1, -0.05) is 20.3 Å². The van der Waals surface area contributed by atoms with Crippen LogP contribution in [0.25, 0.3) is 0 Å².